The average Bonchev–Trinajstić information content (AvgIpc) is 2.43. The number of fused-ring (bicyclic) bond motifs is 1. The summed E-state index contributed by atoms with van der Waals surface area (Å²) in [6.07, 6.45) is 8.75. The van der Waals surface area contributed by atoms with Crippen LogP contribution in [-0.2, 0) is 0 Å². The fourth-order valence-electron chi connectivity index (χ4n) is 4.03. The molecule has 19 heavy (non-hydrogen) atoms. The van der Waals surface area contributed by atoms with Crippen LogP contribution in [0.25, 0.3) is 0 Å². The molecule has 1 saturated carbocycles. The molecule has 1 N–H and O–H groups in total. The molecule has 0 aromatic carbocycles. The molecule has 2 rings (SSSR count). The topological polar surface area (TPSA) is 15.3 Å². The molecular weight excluding hydrogens is 232 g/mol. The summed E-state index contributed by atoms with van der Waals surface area (Å²) in [6.45, 7) is 12.0. The molecule has 0 bridgehead atoms. The van der Waals surface area contributed by atoms with Gasteiger partial charge in [0.25, 0.3) is 0 Å². The number of nitrogens with one attached hydrogen (secondary N) is 1. The van der Waals surface area contributed by atoms with E-state index >= 15 is 0 Å². The highest BCUT2D eigenvalue weighted by Gasteiger charge is 2.33. The van der Waals surface area contributed by atoms with Gasteiger partial charge in [-0.1, -0.05) is 40.0 Å². The smallest absolute Gasteiger partial charge is 0.0218 e. The minimum Gasteiger partial charge on any atom is -0.315 e. The molecule has 0 aromatic rings. The second-order valence-corrected chi connectivity index (χ2v) is 7.20. The van der Waals surface area contributed by atoms with Gasteiger partial charge in [0, 0.05) is 19.1 Å². The zero-order valence-corrected chi connectivity index (χ0v) is 13.3. The lowest BCUT2D eigenvalue weighted by Crippen LogP contribution is -2.50. The van der Waals surface area contributed by atoms with Gasteiger partial charge in [0.1, 0.15) is 0 Å². The standard InChI is InChI=1S/C17H34N2/c1-4-17(12-18-11-14(2)3)19-10-9-15-7-5-6-8-16(15)13-19/h14-18H,4-13H2,1-3H3. The lowest BCUT2D eigenvalue weighted by Gasteiger charge is -2.44. The normalized spacial score (nSPS) is 30.3. The second-order valence-electron chi connectivity index (χ2n) is 7.20. The van der Waals surface area contributed by atoms with Gasteiger partial charge in [-0.25, -0.2) is 0 Å². The van der Waals surface area contributed by atoms with E-state index in [0.717, 1.165) is 30.3 Å². The van der Waals surface area contributed by atoms with Crippen molar-refractivity contribution >= 4 is 0 Å². The van der Waals surface area contributed by atoms with Gasteiger partial charge in [0.15, 0.2) is 0 Å². The third kappa shape index (κ3) is 4.46. The van der Waals surface area contributed by atoms with Gasteiger partial charge in [-0.3, -0.25) is 4.90 Å². The maximum absolute atomic E-state index is 3.66. The number of piperidine rings is 1. The predicted octanol–water partition coefficient (Wildman–Crippen LogP) is 3.52. The van der Waals surface area contributed by atoms with Gasteiger partial charge < -0.3 is 5.32 Å². The van der Waals surface area contributed by atoms with Crippen LogP contribution in [0.3, 0.4) is 0 Å². The van der Waals surface area contributed by atoms with E-state index in [1.807, 2.05) is 0 Å². The summed E-state index contributed by atoms with van der Waals surface area (Å²) in [6, 6.07) is 0.765. The van der Waals surface area contributed by atoms with Crippen LogP contribution in [0.5, 0.6) is 0 Å². The second kappa shape index (κ2) is 7.64. The van der Waals surface area contributed by atoms with E-state index in [1.54, 1.807) is 0 Å². The van der Waals surface area contributed by atoms with Gasteiger partial charge in [-0.2, -0.15) is 0 Å². The maximum atomic E-state index is 3.66. The van der Waals surface area contributed by atoms with Crippen molar-refractivity contribution in [2.24, 2.45) is 17.8 Å². The van der Waals surface area contributed by atoms with Gasteiger partial charge in [-0.15, -0.1) is 0 Å². The van der Waals surface area contributed by atoms with Crippen molar-refractivity contribution in [3.63, 3.8) is 0 Å². The third-order valence-corrected chi connectivity index (χ3v) is 5.24. The fraction of sp³-hybridized carbons (Fsp3) is 1.00. The van der Waals surface area contributed by atoms with E-state index in [4.69, 9.17) is 0 Å². The van der Waals surface area contributed by atoms with Crippen LogP contribution >= 0.6 is 0 Å². The lowest BCUT2D eigenvalue weighted by molar-refractivity contribution is 0.0549. The lowest BCUT2D eigenvalue weighted by atomic mass is 9.75. The Morgan fingerprint density at radius 3 is 2.47 bits per heavy atom. The van der Waals surface area contributed by atoms with E-state index in [-0.39, 0.29) is 0 Å². The Morgan fingerprint density at radius 1 is 1.05 bits per heavy atom. The van der Waals surface area contributed by atoms with Crippen LogP contribution in [0.4, 0.5) is 0 Å². The summed E-state index contributed by atoms with van der Waals surface area (Å²) < 4.78 is 0. The molecule has 1 heterocycles. The fourth-order valence-corrected chi connectivity index (χ4v) is 4.03. The largest absolute Gasteiger partial charge is 0.315 e. The Kier molecular flexibility index (Phi) is 6.15. The summed E-state index contributed by atoms with van der Waals surface area (Å²) in [7, 11) is 0. The number of hydrogen-bond acceptors (Lipinski definition) is 2. The third-order valence-electron chi connectivity index (χ3n) is 5.24. The molecule has 0 aromatic heterocycles. The molecule has 3 unspecified atom stereocenters. The molecule has 0 spiro atoms. The molecule has 3 atom stereocenters. The molecule has 0 amide bonds. The number of likely N-dealkylation sites (tertiary alicyclic amines) is 1. The van der Waals surface area contributed by atoms with Crippen LogP contribution in [0.15, 0.2) is 0 Å². The average molecular weight is 266 g/mol. The summed E-state index contributed by atoms with van der Waals surface area (Å²) in [5.41, 5.74) is 0. The summed E-state index contributed by atoms with van der Waals surface area (Å²) in [4.78, 5) is 2.79. The van der Waals surface area contributed by atoms with E-state index in [1.165, 1.54) is 58.2 Å². The van der Waals surface area contributed by atoms with Gasteiger partial charge in [-0.05, 0) is 50.1 Å². The van der Waals surface area contributed by atoms with Crippen molar-refractivity contribution in [3.05, 3.63) is 0 Å². The quantitative estimate of drug-likeness (QED) is 0.791. The van der Waals surface area contributed by atoms with E-state index in [9.17, 15) is 0 Å². The molecule has 2 heteroatoms. The molecule has 2 nitrogen and oxygen atoms in total. The molecule has 0 radical (unpaired) electrons. The summed E-state index contributed by atoms with van der Waals surface area (Å²) >= 11 is 0. The first-order chi connectivity index (χ1) is 9.20. The first-order valence-corrected chi connectivity index (χ1v) is 8.65. The molecular formula is C17H34N2. The number of hydrogen-bond donors (Lipinski definition) is 1. The van der Waals surface area contributed by atoms with Crippen molar-refractivity contribution in [3.8, 4) is 0 Å². The van der Waals surface area contributed by atoms with Crippen LogP contribution in [0.2, 0.25) is 0 Å². The highest BCUT2D eigenvalue weighted by Crippen LogP contribution is 2.36. The number of rotatable bonds is 6. The highest BCUT2D eigenvalue weighted by molar-refractivity contribution is 4.86. The van der Waals surface area contributed by atoms with Crippen molar-refractivity contribution in [1.29, 1.82) is 0 Å². The van der Waals surface area contributed by atoms with Crippen molar-refractivity contribution in [2.75, 3.05) is 26.2 Å². The Balaban J connectivity index is 1.78. The minimum atomic E-state index is 0.765. The van der Waals surface area contributed by atoms with Crippen LogP contribution < -0.4 is 5.32 Å². The number of nitrogens with zero attached hydrogens (tertiary/aromatic N) is 1. The monoisotopic (exact) mass is 266 g/mol. The molecule has 1 aliphatic heterocycles. The summed E-state index contributed by atoms with van der Waals surface area (Å²) in [5.74, 6) is 2.84. The molecule has 112 valence electrons. The Morgan fingerprint density at radius 2 is 1.79 bits per heavy atom. The van der Waals surface area contributed by atoms with Crippen molar-refractivity contribution in [1.82, 2.24) is 10.2 Å². The zero-order chi connectivity index (χ0) is 13.7. The molecule has 1 saturated heterocycles. The van der Waals surface area contributed by atoms with E-state index in [0.29, 0.717) is 0 Å². The predicted molar refractivity (Wildman–Crippen MR) is 83.4 cm³/mol. The first-order valence-electron chi connectivity index (χ1n) is 8.65. The minimum absolute atomic E-state index is 0.765. The van der Waals surface area contributed by atoms with Gasteiger partial charge in [0.05, 0.1) is 0 Å². The van der Waals surface area contributed by atoms with Crippen molar-refractivity contribution < 1.29 is 0 Å². The highest BCUT2D eigenvalue weighted by atomic mass is 15.2. The van der Waals surface area contributed by atoms with E-state index < -0.39 is 0 Å². The zero-order valence-electron chi connectivity index (χ0n) is 13.3. The SMILES string of the molecule is CCC(CNCC(C)C)N1CCC2CCCCC2C1. The Bertz CT molecular complexity index is 252. The molecule has 2 aliphatic rings. The van der Waals surface area contributed by atoms with Gasteiger partial charge >= 0.3 is 0 Å². The Hall–Kier alpha value is -0.0800. The Labute approximate surface area is 120 Å². The molecule has 2 fully saturated rings. The summed E-state index contributed by atoms with van der Waals surface area (Å²) in [5, 5.41) is 3.66. The first kappa shape index (κ1) is 15.3. The van der Waals surface area contributed by atoms with Crippen LogP contribution in [-0.4, -0.2) is 37.1 Å². The van der Waals surface area contributed by atoms with E-state index in [2.05, 4.69) is 31.0 Å². The van der Waals surface area contributed by atoms with Crippen LogP contribution in [0, 0.1) is 17.8 Å². The van der Waals surface area contributed by atoms with Crippen molar-refractivity contribution in [2.45, 2.75) is 65.3 Å². The van der Waals surface area contributed by atoms with Gasteiger partial charge in [0.2, 0.25) is 0 Å². The maximum Gasteiger partial charge on any atom is 0.0218 e. The molecule has 1 aliphatic carbocycles. The van der Waals surface area contributed by atoms with Crippen LogP contribution in [0.1, 0.15) is 59.3 Å².